The minimum Gasteiger partial charge on any atom is -0.448 e. The Bertz CT molecular complexity index is 1030. The van der Waals surface area contributed by atoms with Gasteiger partial charge in [-0.25, -0.2) is 17.9 Å². The highest BCUT2D eigenvalue weighted by Gasteiger charge is 2.29. The average Bonchev–Trinajstić information content (AvgIpc) is 3.17. The minimum absolute atomic E-state index is 0.0435. The molecule has 3 rings (SSSR count). The fourth-order valence-electron chi connectivity index (χ4n) is 3.50. The summed E-state index contributed by atoms with van der Waals surface area (Å²) in [4.78, 5) is 29.2. The molecule has 31 heavy (non-hydrogen) atoms. The normalized spacial score (nSPS) is 16.2. The Hall–Kier alpha value is -2.69. The molecule has 0 aliphatic carbocycles. The van der Waals surface area contributed by atoms with E-state index in [9.17, 15) is 18.0 Å². The van der Waals surface area contributed by atoms with Gasteiger partial charge < -0.3 is 14.2 Å². The number of hydrogen-bond acceptors (Lipinski definition) is 6. The van der Waals surface area contributed by atoms with Crippen molar-refractivity contribution in [3.05, 3.63) is 53.9 Å². The van der Waals surface area contributed by atoms with Crippen molar-refractivity contribution >= 4 is 21.9 Å². The van der Waals surface area contributed by atoms with Gasteiger partial charge in [0.2, 0.25) is 10.0 Å². The summed E-state index contributed by atoms with van der Waals surface area (Å²) < 4.78 is 32.8. The van der Waals surface area contributed by atoms with E-state index in [0.717, 1.165) is 19.6 Å². The van der Waals surface area contributed by atoms with Crippen LogP contribution in [0.2, 0.25) is 0 Å². The fraction of sp³-hybridized carbons (Fsp3) is 0.429. The van der Waals surface area contributed by atoms with Gasteiger partial charge in [-0.3, -0.25) is 9.69 Å². The Morgan fingerprint density at radius 1 is 1.13 bits per heavy atom. The first-order valence-electron chi connectivity index (χ1n) is 10.1. The molecule has 1 atom stereocenters. The minimum atomic E-state index is -3.68. The van der Waals surface area contributed by atoms with E-state index in [0.29, 0.717) is 13.1 Å². The molecule has 1 aromatic heterocycles. The van der Waals surface area contributed by atoms with Gasteiger partial charge in [0.1, 0.15) is 10.6 Å². The monoisotopic (exact) mass is 448 g/mol. The molecule has 10 heteroatoms. The Morgan fingerprint density at radius 2 is 1.77 bits per heavy atom. The first-order chi connectivity index (χ1) is 14.7. The molecule has 1 aromatic carbocycles. The summed E-state index contributed by atoms with van der Waals surface area (Å²) >= 11 is 0. The molecular formula is C21H28N4O5S. The highest BCUT2D eigenvalue weighted by molar-refractivity contribution is 7.89. The predicted octanol–water partition coefficient (Wildman–Crippen LogP) is 0.823. The first-order valence-corrected chi connectivity index (χ1v) is 11.6. The molecule has 1 unspecified atom stereocenters. The summed E-state index contributed by atoms with van der Waals surface area (Å²) in [5.74, 6) is -1.01. The van der Waals surface area contributed by atoms with Crippen LogP contribution in [0.5, 0.6) is 0 Å². The van der Waals surface area contributed by atoms with E-state index in [4.69, 9.17) is 4.74 Å². The number of carbonyl (C=O) groups excluding carboxylic acids is 2. The zero-order chi connectivity index (χ0) is 22.6. The highest BCUT2D eigenvalue weighted by atomic mass is 32.2. The van der Waals surface area contributed by atoms with Crippen molar-refractivity contribution in [2.75, 3.05) is 33.2 Å². The maximum atomic E-state index is 12.7. The second-order valence-corrected chi connectivity index (χ2v) is 9.40. The Kier molecular flexibility index (Phi) is 7.14. The molecule has 1 fully saturated rings. The van der Waals surface area contributed by atoms with E-state index in [1.54, 1.807) is 11.9 Å². The molecule has 1 aliphatic rings. The van der Waals surface area contributed by atoms with Gasteiger partial charge in [-0.15, -0.1) is 0 Å². The summed E-state index contributed by atoms with van der Waals surface area (Å²) in [6.45, 7) is 4.96. The van der Waals surface area contributed by atoms with Crippen LogP contribution in [0.3, 0.4) is 0 Å². The van der Waals surface area contributed by atoms with E-state index >= 15 is 0 Å². The lowest BCUT2D eigenvalue weighted by atomic mass is 10.2. The average molecular weight is 449 g/mol. The third-order valence-corrected chi connectivity index (χ3v) is 6.71. The van der Waals surface area contributed by atoms with Gasteiger partial charge in [-0.2, -0.15) is 0 Å². The molecule has 2 aromatic rings. The molecule has 1 saturated heterocycles. The number of hydrogen-bond donors (Lipinski definition) is 1. The highest BCUT2D eigenvalue weighted by Crippen LogP contribution is 2.16. The van der Waals surface area contributed by atoms with Gasteiger partial charge in [-0.05, 0) is 25.6 Å². The molecule has 1 amide bonds. The number of ether oxygens (including phenoxy) is 1. The Balaban J connectivity index is 1.54. The van der Waals surface area contributed by atoms with E-state index < -0.39 is 22.1 Å². The van der Waals surface area contributed by atoms with Crippen molar-refractivity contribution in [3.63, 3.8) is 0 Å². The Labute approximate surface area is 182 Å². The lowest BCUT2D eigenvalue weighted by molar-refractivity contribution is -0.141. The smallest absolute Gasteiger partial charge is 0.355 e. The second kappa shape index (κ2) is 9.63. The number of benzene rings is 1. The number of esters is 1. The first kappa shape index (κ1) is 23.0. The van der Waals surface area contributed by atoms with Crippen LogP contribution in [0, 0.1) is 0 Å². The largest absolute Gasteiger partial charge is 0.448 e. The number of nitrogens with zero attached hydrogens (tertiary/aromatic N) is 3. The molecular weight excluding hydrogens is 420 g/mol. The van der Waals surface area contributed by atoms with Crippen LogP contribution < -0.4 is 4.72 Å². The van der Waals surface area contributed by atoms with Gasteiger partial charge in [0.15, 0.2) is 6.10 Å². The number of sulfonamides is 1. The van der Waals surface area contributed by atoms with E-state index in [-0.39, 0.29) is 16.5 Å². The van der Waals surface area contributed by atoms with Crippen molar-refractivity contribution in [2.24, 2.45) is 7.05 Å². The van der Waals surface area contributed by atoms with Crippen molar-refractivity contribution in [1.82, 2.24) is 19.1 Å². The number of nitrogens with one attached hydrogen (secondary N) is 1. The third kappa shape index (κ3) is 5.52. The fourth-order valence-corrected chi connectivity index (χ4v) is 4.30. The van der Waals surface area contributed by atoms with Crippen LogP contribution in [0.1, 0.15) is 23.0 Å². The summed E-state index contributed by atoms with van der Waals surface area (Å²) in [5, 5.41) is 0. The van der Waals surface area contributed by atoms with Crippen LogP contribution in [0.15, 0.2) is 47.5 Å². The van der Waals surface area contributed by atoms with E-state index in [1.807, 2.05) is 18.2 Å². The second-order valence-electron chi connectivity index (χ2n) is 7.51. The van der Waals surface area contributed by atoms with E-state index in [1.165, 1.54) is 36.4 Å². The maximum absolute atomic E-state index is 12.7. The van der Waals surface area contributed by atoms with Crippen molar-refractivity contribution < 1.29 is 22.7 Å². The summed E-state index contributed by atoms with van der Waals surface area (Å²) in [5.41, 5.74) is 1.29. The van der Waals surface area contributed by atoms with Crippen LogP contribution >= 0.6 is 0 Å². The number of carbonyl (C=O) groups is 2. The number of rotatable bonds is 7. The van der Waals surface area contributed by atoms with Crippen LogP contribution in [0.25, 0.3) is 0 Å². The molecule has 0 spiro atoms. The number of amides is 1. The summed E-state index contributed by atoms with van der Waals surface area (Å²) in [7, 11) is -0.844. The third-order valence-electron chi connectivity index (χ3n) is 5.33. The van der Waals surface area contributed by atoms with Crippen molar-refractivity contribution in [1.29, 1.82) is 0 Å². The number of aromatic nitrogens is 1. The molecule has 9 nitrogen and oxygen atoms in total. The predicted molar refractivity (Wildman–Crippen MR) is 115 cm³/mol. The van der Waals surface area contributed by atoms with Crippen LogP contribution in [-0.2, 0) is 33.1 Å². The molecule has 0 saturated carbocycles. The Morgan fingerprint density at radius 3 is 2.39 bits per heavy atom. The van der Waals surface area contributed by atoms with Gasteiger partial charge in [0.25, 0.3) is 5.91 Å². The molecule has 1 aliphatic heterocycles. The van der Waals surface area contributed by atoms with E-state index in [2.05, 4.69) is 21.8 Å². The van der Waals surface area contributed by atoms with Gasteiger partial charge in [0.05, 0.1) is 0 Å². The zero-order valence-electron chi connectivity index (χ0n) is 17.9. The summed E-state index contributed by atoms with van der Waals surface area (Å²) in [6.07, 6.45) is 0.355. The zero-order valence-corrected chi connectivity index (χ0v) is 18.8. The SMILES string of the molecule is CNS(=O)(=O)c1cc(C(=O)OC(C)C(=O)N2CCN(Cc3ccccc3)CC2)n(C)c1. The quantitative estimate of drug-likeness (QED) is 0.630. The van der Waals surface area contributed by atoms with Crippen molar-refractivity contribution in [2.45, 2.75) is 24.5 Å². The summed E-state index contributed by atoms with van der Waals surface area (Å²) in [6, 6.07) is 11.4. The molecule has 2 heterocycles. The standard InChI is InChI=1S/C21H28N4O5S/c1-16(30-21(27)19-13-18(15-23(19)3)31(28,29)22-2)20(26)25-11-9-24(10-12-25)14-17-7-5-4-6-8-17/h4-8,13,15-16,22H,9-12,14H2,1-3H3. The van der Waals surface area contributed by atoms with Crippen molar-refractivity contribution in [3.8, 4) is 0 Å². The van der Waals surface area contributed by atoms with Gasteiger partial charge in [0, 0.05) is 46.0 Å². The molecule has 0 bridgehead atoms. The lowest BCUT2D eigenvalue weighted by Gasteiger charge is -2.35. The molecule has 0 radical (unpaired) electrons. The number of aryl methyl sites for hydroxylation is 1. The molecule has 1 N–H and O–H groups in total. The van der Waals surface area contributed by atoms with Crippen LogP contribution in [0.4, 0.5) is 0 Å². The maximum Gasteiger partial charge on any atom is 0.355 e. The topological polar surface area (TPSA) is 101 Å². The number of piperazine rings is 1. The van der Waals surface area contributed by atoms with Gasteiger partial charge in [-0.1, -0.05) is 30.3 Å². The van der Waals surface area contributed by atoms with Crippen LogP contribution in [-0.4, -0.2) is 74.0 Å². The van der Waals surface area contributed by atoms with Gasteiger partial charge >= 0.3 is 5.97 Å². The lowest BCUT2D eigenvalue weighted by Crippen LogP contribution is -2.51. The molecule has 168 valence electrons.